The van der Waals surface area contributed by atoms with Crippen LogP contribution in [-0.2, 0) is 11.2 Å². The molecule has 0 aliphatic carbocycles. The molecule has 2 heterocycles. The Morgan fingerprint density at radius 3 is 2.45 bits per heavy atom. The van der Waals surface area contributed by atoms with E-state index in [9.17, 15) is 9.90 Å². The number of anilines is 2. The number of amides is 1. The molecule has 2 aliphatic rings. The molecule has 1 amide bonds. The number of aliphatic hydroxyl groups excluding tert-OH is 1. The van der Waals surface area contributed by atoms with Gasteiger partial charge in [-0.05, 0) is 73.6 Å². The van der Waals surface area contributed by atoms with E-state index in [0.717, 1.165) is 30.6 Å². The number of ether oxygens (including phenoxy) is 2. The summed E-state index contributed by atoms with van der Waals surface area (Å²) < 4.78 is 12.2. The predicted octanol–water partition coefficient (Wildman–Crippen LogP) is 5.88. The average Bonchev–Trinajstić information content (AvgIpc) is 3.12. The van der Waals surface area contributed by atoms with Gasteiger partial charge >= 0.3 is 0 Å². The van der Waals surface area contributed by atoms with E-state index in [2.05, 4.69) is 19.1 Å². The van der Waals surface area contributed by atoms with E-state index < -0.39 is 0 Å². The Balaban J connectivity index is 1.36. The minimum Gasteiger partial charge on any atom is -0.454 e. The number of fused-ring (bicyclic) bond motifs is 2. The molecule has 1 fully saturated rings. The second kappa shape index (κ2) is 9.38. The molecule has 1 saturated heterocycles. The Hall–Kier alpha value is -3.15. The molecule has 3 atom stereocenters. The minimum atomic E-state index is -0.105. The van der Waals surface area contributed by atoms with Crippen molar-refractivity contribution in [3.8, 4) is 11.5 Å². The van der Waals surface area contributed by atoms with Crippen LogP contribution in [0.5, 0.6) is 11.5 Å². The number of carbonyl (C=O) groups excluding carboxylic acids is 1. The lowest BCUT2D eigenvalue weighted by Gasteiger charge is -2.22. The molecule has 3 aromatic rings. The Bertz CT molecular complexity index is 1130. The molecule has 0 spiro atoms. The SMILES string of the molecule is C[C@@H]1C[C@H](CCO)O[C@@H]1CCc1ccc(N2C(=O)c3ccccc3Oc3ccccc32)cc1. The fourth-order valence-corrected chi connectivity index (χ4v) is 4.87. The Kier molecular flexibility index (Phi) is 6.16. The van der Waals surface area contributed by atoms with Crippen molar-refractivity contribution in [3.05, 3.63) is 83.9 Å². The second-order valence-corrected chi connectivity index (χ2v) is 8.93. The molecule has 0 radical (unpaired) electrons. The molecular weight excluding hydrogens is 414 g/mol. The van der Waals surface area contributed by atoms with Gasteiger partial charge in [0.1, 0.15) is 5.75 Å². The van der Waals surface area contributed by atoms with Gasteiger partial charge in [-0.1, -0.05) is 43.3 Å². The number of benzene rings is 3. The van der Waals surface area contributed by atoms with Crippen LogP contribution in [0.2, 0.25) is 0 Å². The monoisotopic (exact) mass is 443 g/mol. The van der Waals surface area contributed by atoms with Gasteiger partial charge in [0, 0.05) is 12.3 Å². The lowest BCUT2D eigenvalue weighted by Crippen LogP contribution is -2.25. The summed E-state index contributed by atoms with van der Waals surface area (Å²) in [4.78, 5) is 15.2. The van der Waals surface area contributed by atoms with Crippen LogP contribution in [0.25, 0.3) is 0 Å². The molecule has 0 bridgehead atoms. The fourth-order valence-electron chi connectivity index (χ4n) is 4.87. The van der Waals surface area contributed by atoms with Gasteiger partial charge in [0.25, 0.3) is 5.91 Å². The number of aryl methyl sites for hydroxylation is 1. The van der Waals surface area contributed by atoms with E-state index in [1.165, 1.54) is 5.56 Å². The minimum absolute atomic E-state index is 0.105. The first-order valence-corrected chi connectivity index (χ1v) is 11.7. The molecule has 3 aromatic carbocycles. The molecule has 33 heavy (non-hydrogen) atoms. The number of aliphatic hydroxyl groups is 1. The summed E-state index contributed by atoms with van der Waals surface area (Å²) in [5.74, 6) is 1.63. The van der Waals surface area contributed by atoms with Gasteiger partial charge in [-0.3, -0.25) is 9.69 Å². The summed E-state index contributed by atoms with van der Waals surface area (Å²) in [5.41, 5.74) is 3.30. The van der Waals surface area contributed by atoms with Gasteiger partial charge in [0.2, 0.25) is 0 Å². The molecular formula is C28H29NO4. The van der Waals surface area contributed by atoms with Gasteiger partial charge in [-0.25, -0.2) is 0 Å². The van der Waals surface area contributed by atoms with Crippen molar-refractivity contribution in [2.75, 3.05) is 11.5 Å². The topological polar surface area (TPSA) is 59.0 Å². The van der Waals surface area contributed by atoms with Crippen LogP contribution in [0.15, 0.2) is 72.8 Å². The highest BCUT2D eigenvalue weighted by Crippen LogP contribution is 2.42. The number of nitrogens with zero attached hydrogens (tertiary/aromatic N) is 1. The van der Waals surface area contributed by atoms with E-state index in [1.54, 1.807) is 11.0 Å². The lowest BCUT2D eigenvalue weighted by molar-refractivity contribution is 0.0198. The maximum Gasteiger partial charge on any atom is 0.266 e. The highest BCUT2D eigenvalue weighted by Gasteiger charge is 2.32. The summed E-state index contributed by atoms with van der Waals surface area (Å²) >= 11 is 0. The van der Waals surface area contributed by atoms with Crippen molar-refractivity contribution < 1.29 is 19.4 Å². The summed E-state index contributed by atoms with van der Waals surface area (Å²) in [7, 11) is 0. The van der Waals surface area contributed by atoms with E-state index in [-0.39, 0.29) is 24.7 Å². The van der Waals surface area contributed by atoms with Gasteiger partial charge in [-0.2, -0.15) is 0 Å². The standard InChI is InChI=1S/C28H29NO4/c1-19-18-22(16-17-30)32-25(19)15-12-20-10-13-21(14-11-20)29-24-7-3-5-9-27(24)33-26-8-4-2-6-23(26)28(29)31/h2-11,13-14,19,22,25,30H,12,15-18H2,1H3/t19-,22+,25-/m1/s1. The third-order valence-corrected chi connectivity index (χ3v) is 6.65. The van der Waals surface area contributed by atoms with Crippen molar-refractivity contribution >= 4 is 17.3 Å². The molecule has 5 nitrogen and oxygen atoms in total. The zero-order chi connectivity index (χ0) is 22.8. The van der Waals surface area contributed by atoms with E-state index in [4.69, 9.17) is 9.47 Å². The lowest BCUT2D eigenvalue weighted by atomic mass is 9.96. The number of hydrogen-bond donors (Lipinski definition) is 1. The number of hydrogen-bond acceptors (Lipinski definition) is 4. The average molecular weight is 444 g/mol. The number of rotatable bonds is 6. The first-order valence-electron chi connectivity index (χ1n) is 11.7. The highest BCUT2D eigenvalue weighted by molar-refractivity contribution is 6.14. The highest BCUT2D eigenvalue weighted by atomic mass is 16.5. The van der Waals surface area contributed by atoms with Crippen molar-refractivity contribution in [2.45, 2.75) is 44.8 Å². The van der Waals surface area contributed by atoms with Gasteiger partial charge in [-0.15, -0.1) is 0 Å². The van der Waals surface area contributed by atoms with Gasteiger partial charge < -0.3 is 14.6 Å². The third-order valence-electron chi connectivity index (χ3n) is 6.65. The van der Waals surface area contributed by atoms with Crippen LogP contribution in [0.1, 0.15) is 42.1 Å². The molecule has 5 heteroatoms. The molecule has 1 N–H and O–H groups in total. The quantitative estimate of drug-likeness (QED) is 0.517. The maximum atomic E-state index is 13.5. The molecule has 5 rings (SSSR count). The van der Waals surface area contributed by atoms with Crippen LogP contribution in [0, 0.1) is 5.92 Å². The summed E-state index contributed by atoms with van der Waals surface area (Å²) in [6.07, 6.45) is 4.01. The Morgan fingerprint density at radius 1 is 0.939 bits per heavy atom. The van der Waals surface area contributed by atoms with Crippen molar-refractivity contribution in [3.63, 3.8) is 0 Å². The maximum absolute atomic E-state index is 13.5. The molecule has 2 aliphatic heterocycles. The predicted molar refractivity (Wildman–Crippen MR) is 128 cm³/mol. The van der Waals surface area contributed by atoms with Crippen molar-refractivity contribution in [1.82, 2.24) is 0 Å². The zero-order valence-electron chi connectivity index (χ0n) is 18.8. The van der Waals surface area contributed by atoms with Crippen molar-refractivity contribution in [2.24, 2.45) is 5.92 Å². The van der Waals surface area contributed by atoms with E-state index in [0.29, 0.717) is 29.4 Å². The molecule has 0 unspecified atom stereocenters. The summed E-state index contributed by atoms with van der Waals surface area (Å²) in [6, 6.07) is 23.2. The number of para-hydroxylation sites is 3. The first-order chi connectivity index (χ1) is 16.1. The second-order valence-electron chi connectivity index (χ2n) is 8.93. The third kappa shape index (κ3) is 4.39. The van der Waals surface area contributed by atoms with Crippen LogP contribution < -0.4 is 9.64 Å². The van der Waals surface area contributed by atoms with E-state index >= 15 is 0 Å². The zero-order valence-corrected chi connectivity index (χ0v) is 18.8. The molecule has 0 saturated carbocycles. The Labute approximate surface area is 194 Å². The largest absolute Gasteiger partial charge is 0.454 e. The molecule has 170 valence electrons. The number of carbonyl (C=O) groups is 1. The summed E-state index contributed by atoms with van der Waals surface area (Å²) in [6.45, 7) is 2.41. The van der Waals surface area contributed by atoms with Gasteiger partial charge in [0.15, 0.2) is 5.75 Å². The van der Waals surface area contributed by atoms with Crippen LogP contribution >= 0.6 is 0 Å². The van der Waals surface area contributed by atoms with Crippen molar-refractivity contribution in [1.29, 1.82) is 0 Å². The fraction of sp³-hybridized carbons (Fsp3) is 0.321. The first kappa shape index (κ1) is 21.7. The Morgan fingerprint density at radius 2 is 1.67 bits per heavy atom. The van der Waals surface area contributed by atoms with Crippen LogP contribution in [0.4, 0.5) is 11.4 Å². The normalized spacial score (nSPS) is 21.8. The van der Waals surface area contributed by atoms with E-state index in [1.807, 2.05) is 54.6 Å². The summed E-state index contributed by atoms with van der Waals surface area (Å²) in [5, 5.41) is 9.18. The smallest absolute Gasteiger partial charge is 0.266 e. The van der Waals surface area contributed by atoms with Crippen LogP contribution in [-0.4, -0.2) is 29.8 Å². The molecule has 0 aromatic heterocycles. The van der Waals surface area contributed by atoms with Crippen LogP contribution in [0.3, 0.4) is 0 Å². The van der Waals surface area contributed by atoms with Gasteiger partial charge in [0.05, 0.1) is 23.5 Å².